The zero-order valence-electron chi connectivity index (χ0n) is 17.1. The maximum atomic E-state index is 12.5. The van der Waals surface area contributed by atoms with Gasteiger partial charge in [-0.3, -0.25) is 14.2 Å². The summed E-state index contributed by atoms with van der Waals surface area (Å²) in [6.45, 7) is 6.92. The fourth-order valence-electron chi connectivity index (χ4n) is 5.00. The van der Waals surface area contributed by atoms with Crippen molar-refractivity contribution < 1.29 is 4.79 Å². The lowest BCUT2D eigenvalue weighted by Gasteiger charge is -2.34. The van der Waals surface area contributed by atoms with E-state index in [2.05, 4.69) is 36.3 Å². The van der Waals surface area contributed by atoms with E-state index >= 15 is 0 Å². The summed E-state index contributed by atoms with van der Waals surface area (Å²) < 4.78 is 1.53. The van der Waals surface area contributed by atoms with Crippen molar-refractivity contribution in [1.82, 2.24) is 15.0 Å². The highest BCUT2D eigenvalue weighted by Crippen LogP contribution is 2.63. The van der Waals surface area contributed by atoms with Crippen LogP contribution < -0.4 is 11.0 Å². The number of para-hydroxylation sites is 1. The molecule has 0 aliphatic heterocycles. The van der Waals surface area contributed by atoms with Gasteiger partial charge in [0.15, 0.2) is 0 Å². The lowest BCUT2D eigenvalue weighted by Crippen LogP contribution is -2.34. The summed E-state index contributed by atoms with van der Waals surface area (Å²) in [6.07, 6.45) is 4.02. The topological polar surface area (TPSA) is 76.3 Å². The van der Waals surface area contributed by atoms with Crippen LogP contribution in [0.15, 0.2) is 34.2 Å². The molecule has 2 atom stereocenters. The minimum Gasteiger partial charge on any atom is -0.299 e. The molecule has 6 nitrogen and oxygen atoms in total. The van der Waals surface area contributed by atoms with Gasteiger partial charge in [0.05, 0.1) is 10.9 Å². The molecule has 0 unspecified atom stereocenters. The molecule has 1 heterocycles. The van der Waals surface area contributed by atoms with Crippen molar-refractivity contribution in [1.29, 1.82) is 0 Å². The van der Waals surface area contributed by atoms with Crippen molar-refractivity contribution in [3.05, 3.63) is 40.4 Å². The number of aryl methyl sites for hydroxylation is 1. The molecule has 0 spiro atoms. The van der Waals surface area contributed by atoms with E-state index in [-0.39, 0.29) is 28.7 Å². The molecule has 6 heteroatoms. The van der Waals surface area contributed by atoms with E-state index in [9.17, 15) is 9.59 Å². The standard InChI is InChI=1S/C22H28N4O2/c1-21(2)14-11-12-22(21,3)17(13-14)24-25-19(27)10-9-18-23-16-8-6-5-7-15(16)20(28)26(18)4/h5-8,14H,9-13H2,1-4H3,(H,25,27)/b24-17-/t14-,22+/m0/s1. The molecule has 28 heavy (non-hydrogen) atoms. The molecule has 2 aliphatic carbocycles. The van der Waals surface area contributed by atoms with Gasteiger partial charge < -0.3 is 0 Å². The number of rotatable bonds is 4. The second-order valence-corrected chi connectivity index (χ2v) is 9.00. The van der Waals surface area contributed by atoms with Crippen LogP contribution in [0.1, 0.15) is 52.3 Å². The Morgan fingerprint density at radius 3 is 2.75 bits per heavy atom. The van der Waals surface area contributed by atoms with Crippen molar-refractivity contribution in [2.75, 3.05) is 0 Å². The van der Waals surface area contributed by atoms with E-state index in [0.29, 0.717) is 29.1 Å². The third-order valence-corrected chi connectivity index (χ3v) is 7.48. The van der Waals surface area contributed by atoms with Crippen molar-refractivity contribution >= 4 is 22.5 Å². The van der Waals surface area contributed by atoms with Crippen LogP contribution in [0.5, 0.6) is 0 Å². The average Bonchev–Trinajstić information content (AvgIpc) is 3.01. The Kier molecular flexibility index (Phi) is 4.40. The van der Waals surface area contributed by atoms with E-state index < -0.39 is 0 Å². The zero-order valence-corrected chi connectivity index (χ0v) is 17.1. The maximum absolute atomic E-state index is 12.5. The number of hydrogen-bond acceptors (Lipinski definition) is 4. The van der Waals surface area contributed by atoms with E-state index in [4.69, 9.17) is 0 Å². The molecule has 148 valence electrons. The van der Waals surface area contributed by atoms with Gasteiger partial charge in [-0.2, -0.15) is 5.10 Å². The van der Waals surface area contributed by atoms with Crippen LogP contribution >= 0.6 is 0 Å². The molecule has 4 rings (SSSR count). The normalized spacial score (nSPS) is 26.9. The first-order valence-corrected chi connectivity index (χ1v) is 10.0. The van der Waals surface area contributed by atoms with Gasteiger partial charge in [-0.15, -0.1) is 0 Å². The third kappa shape index (κ3) is 2.77. The number of fused-ring (bicyclic) bond motifs is 3. The number of hydrazone groups is 1. The Hall–Kier alpha value is -2.50. The Morgan fingerprint density at radius 2 is 2.07 bits per heavy atom. The fraction of sp³-hybridized carbons (Fsp3) is 0.545. The molecule has 2 bridgehead atoms. The minimum atomic E-state index is -0.140. The summed E-state index contributed by atoms with van der Waals surface area (Å²) in [4.78, 5) is 29.4. The summed E-state index contributed by atoms with van der Waals surface area (Å²) in [6, 6.07) is 7.28. The van der Waals surface area contributed by atoms with Crippen LogP contribution in [-0.2, 0) is 18.3 Å². The van der Waals surface area contributed by atoms with Crippen LogP contribution in [0, 0.1) is 16.7 Å². The van der Waals surface area contributed by atoms with Crippen LogP contribution in [0.25, 0.3) is 10.9 Å². The third-order valence-electron chi connectivity index (χ3n) is 7.48. The Labute approximate surface area is 165 Å². The Morgan fingerprint density at radius 1 is 1.32 bits per heavy atom. The molecular formula is C22H28N4O2. The number of carbonyl (C=O) groups is 1. The molecule has 1 N–H and O–H groups in total. The number of amides is 1. The largest absolute Gasteiger partial charge is 0.299 e. The quantitative estimate of drug-likeness (QED) is 0.828. The average molecular weight is 380 g/mol. The van der Waals surface area contributed by atoms with Gasteiger partial charge in [0, 0.05) is 31.0 Å². The number of carbonyl (C=O) groups excluding carboxylic acids is 1. The summed E-state index contributed by atoms with van der Waals surface area (Å²) in [5.74, 6) is 1.13. The van der Waals surface area contributed by atoms with Gasteiger partial charge in [0.25, 0.3) is 5.56 Å². The van der Waals surface area contributed by atoms with E-state index in [1.807, 2.05) is 18.2 Å². The van der Waals surface area contributed by atoms with Gasteiger partial charge in [0.2, 0.25) is 5.91 Å². The van der Waals surface area contributed by atoms with Crippen LogP contribution in [0.2, 0.25) is 0 Å². The predicted octanol–water partition coefficient (Wildman–Crippen LogP) is 3.18. The van der Waals surface area contributed by atoms with Crippen LogP contribution in [0.4, 0.5) is 0 Å². The summed E-state index contributed by atoms with van der Waals surface area (Å²) >= 11 is 0. The Balaban J connectivity index is 1.44. The molecular weight excluding hydrogens is 352 g/mol. The molecule has 1 aromatic heterocycles. The zero-order chi connectivity index (χ0) is 20.1. The highest BCUT2D eigenvalue weighted by atomic mass is 16.2. The minimum absolute atomic E-state index is 0.0781. The lowest BCUT2D eigenvalue weighted by atomic mass is 9.70. The van der Waals surface area contributed by atoms with Crippen molar-refractivity contribution in [3.8, 4) is 0 Å². The van der Waals surface area contributed by atoms with Crippen LogP contribution in [-0.4, -0.2) is 21.2 Å². The SMILES string of the molecule is Cn1c(CCC(=O)N/N=C2/C[C@@H]3CC[C@@]2(C)C3(C)C)nc2ccccc2c1=O. The van der Waals surface area contributed by atoms with Crippen molar-refractivity contribution in [2.45, 2.75) is 52.9 Å². The van der Waals surface area contributed by atoms with Gasteiger partial charge >= 0.3 is 0 Å². The lowest BCUT2D eigenvalue weighted by molar-refractivity contribution is -0.121. The molecule has 2 aromatic rings. The number of aromatic nitrogens is 2. The second-order valence-electron chi connectivity index (χ2n) is 9.00. The number of nitrogens with one attached hydrogen (secondary N) is 1. The van der Waals surface area contributed by atoms with Gasteiger partial charge in [-0.25, -0.2) is 10.4 Å². The summed E-state index contributed by atoms with van der Waals surface area (Å²) in [7, 11) is 1.70. The van der Waals surface area contributed by atoms with Crippen molar-refractivity contribution in [3.63, 3.8) is 0 Å². The van der Waals surface area contributed by atoms with E-state index in [0.717, 1.165) is 18.6 Å². The molecule has 1 amide bonds. The number of benzene rings is 1. The van der Waals surface area contributed by atoms with Crippen LogP contribution in [0.3, 0.4) is 0 Å². The molecule has 0 saturated heterocycles. The molecule has 2 fully saturated rings. The highest BCUT2D eigenvalue weighted by Gasteiger charge is 2.59. The van der Waals surface area contributed by atoms with E-state index in [1.54, 1.807) is 13.1 Å². The van der Waals surface area contributed by atoms with E-state index in [1.165, 1.54) is 11.0 Å². The van der Waals surface area contributed by atoms with Gasteiger partial charge in [-0.1, -0.05) is 32.9 Å². The molecule has 1 aromatic carbocycles. The van der Waals surface area contributed by atoms with Gasteiger partial charge in [-0.05, 0) is 42.7 Å². The summed E-state index contributed by atoms with van der Waals surface area (Å²) in [5, 5.41) is 5.10. The smallest absolute Gasteiger partial charge is 0.261 e. The molecule has 2 aliphatic rings. The monoisotopic (exact) mass is 380 g/mol. The highest BCUT2D eigenvalue weighted by molar-refractivity contribution is 5.95. The molecule has 2 saturated carbocycles. The van der Waals surface area contributed by atoms with Crippen molar-refractivity contribution in [2.24, 2.45) is 28.9 Å². The van der Waals surface area contributed by atoms with Gasteiger partial charge in [0.1, 0.15) is 5.82 Å². The fourth-order valence-corrected chi connectivity index (χ4v) is 5.00. The second kappa shape index (κ2) is 6.54. The Bertz CT molecular complexity index is 1040. The first-order valence-electron chi connectivity index (χ1n) is 10.0. The maximum Gasteiger partial charge on any atom is 0.261 e. The summed E-state index contributed by atoms with van der Waals surface area (Å²) in [5.41, 5.74) is 4.77. The number of hydrogen-bond donors (Lipinski definition) is 1. The predicted molar refractivity (Wildman–Crippen MR) is 110 cm³/mol. The molecule has 0 radical (unpaired) electrons. The first kappa shape index (κ1) is 18.8. The number of nitrogens with zero attached hydrogens (tertiary/aromatic N) is 3. The first-order chi connectivity index (χ1) is 13.2.